The largest absolute Gasteiger partial charge is 0.311 e. The summed E-state index contributed by atoms with van der Waals surface area (Å²) in [6, 6.07) is 2.23. The molecule has 0 fully saturated rings. The lowest BCUT2D eigenvalue weighted by atomic mass is 9.84. The molecule has 0 radical (unpaired) electrons. The molecule has 0 saturated heterocycles. The van der Waals surface area contributed by atoms with E-state index in [1.165, 1.54) is 22.2 Å². The maximum absolute atomic E-state index is 3.69. The van der Waals surface area contributed by atoms with Crippen LogP contribution in [0.25, 0.3) is 0 Å². The van der Waals surface area contributed by atoms with Crippen LogP contribution in [0.5, 0.6) is 0 Å². The Balaban J connectivity index is 2.59. The minimum absolute atomic E-state index is 0.187. The topological polar surface area (TPSA) is 15.3 Å². The average Bonchev–Trinajstić information content (AvgIpc) is 2.71. The summed E-state index contributed by atoms with van der Waals surface area (Å²) in [5, 5.41) is 5.85. The van der Waals surface area contributed by atoms with Gasteiger partial charge in [0, 0.05) is 39.9 Å². The van der Waals surface area contributed by atoms with Crippen LogP contribution < -0.4 is 5.32 Å². The molecule has 0 aliphatic rings. The summed E-state index contributed by atoms with van der Waals surface area (Å²) in [5.74, 6) is 0. The van der Waals surface area contributed by atoms with Crippen LogP contribution in [0, 0.1) is 5.41 Å². The van der Waals surface area contributed by atoms with Crippen LogP contribution in [0.15, 0.2) is 15.9 Å². The van der Waals surface area contributed by atoms with Crippen molar-refractivity contribution in [1.29, 1.82) is 0 Å². The molecule has 1 aromatic rings. The van der Waals surface area contributed by atoms with Crippen molar-refractivity contribution < 1.29 is 0 Å². The van der Waals surface area contributed by atoms with Crippen molar-refractivity contribution in [2.24, 2.45) is 5.41 Å². The molecule has 0 aliphatic carbocycles. The molecule has 1 atom stereocenters. The average molecular weight is 375 g/mol. The van der Waals surface area contributed by atoms with E-state index in [1.807, 2.05) is 11.3 Å². The molecule has 122 valence electrons. The zero-order valence-electron chi connectivity index (χ0n) is 14.4. The summed E-state index contributed by atoms with van der Waals surface area (Å²) in [5.41, 5.74) is 0.511. The van der Waals surface area contributed by atoms with E-state index >= 15 is 0 Å². The van der Waals surface area contributed by atoms with Crippen molar-refractivity contribution in [1.82, 2.24) is 10.2 Å². The highest BCUT2D eigenvalue weighted by molar-refractivity contribution is 9.10. The monoisotopic (exact) mass is 374 g/mol. The van der Waals surface area contributed by atoms with E-state index in [9.17, 15) is 0 Å². The van der Waals surface area contributed by atoms with Gasteiger partial charge in [-0.1, -0.05) is 20.3 Å². The van der Waals surface area contributed by atoms with E-state index in [0.29, 0.717) is 5.41 Å². The quantitative estimate of drug-likeness (QED) is 0.677. The second kappa shape index (κ2) is 8.09. The van der Waals surface area contributed by atoms with Crippen molar-refractivity contribution in [3.63, 3.8) is 0 Å². The summed E-state index contributed by atoms with van der Waals surface area (Å²) >= 11 is 5.37. The number of thiophene rings is 1. The molecule has 0 spiro atoms. The van der Waals surface area contributed by atoms with Crippen molar-refractivity contribution in [2.45, 2.75) is 59.5 Å². The molecule has 0 bridgehead atoms. The minimum atomic E-state index is 0.187. The third-order valence-corrected chi connectivity index (χ3v) is 5.28. The van der Waals surface area contributed by atoms with Crippen LogP contribution in [0.3, 0.4) is 0 Å². The van der Waals surface area contributed by atoms with Gasteiger partial charge in [0.25, 0.3) is 0 Å². The standard InChI is InChI=1S/C17H31BrN2S/c1-7-8-17(5,12-19-16(2,3)4)13-20(6)10-15-9-14(18)11-21-15/h9,11,19H,7-8,10,12-13H2,1-6H3. The van der Waals surface area contributed by atoms with Gasteiger partial charge in [0.05, 0.1) is 0 Å². The Morgan fingerprint density at radius 1 is 1.29 bits per heavy atom. The Hall–Kier alpha value is 0.1000. The van der Waals surface area contributed by atoms with Gasteiger partial charge in [-0.25, -0.2) is 0 Å². The summed E-state index contributed by atoms with van der Waals surface area (Å²) in [6.45, 7) is 14.7. The Kier molecular flexibility index (Phi) is 7.38. The minimum Gasteiger partial charge on any atom is -0.311 e. The van der Waals surface area contributed by atoms with Gasteiger partial charge >= 0.3 is 0 Å². The van der Waals surface area contributed by atoms with E-state index in [4.69, 9.17) is 0 Å². The second-order valence-corrected chi connectivity index (χ2v) is 9.48. The summed E-state index contributed by atoms with van der Waals surface area (Å²) in [7, 11) is 2.23. The number of nitrogens with zero attached hydrogens (tertiary/aromatic N) is 1. The SMILES string of the molecule is CCCC(C)(CNC(C)(C)C)CN(C)Cc1cc(Br)cs1. The van der Waals surface area contributed by atoms with Gasteiger partial charge in [0.2, 0.25) is 0 Å². The molecule has 0 saturated carbocycles. The molecule has 1 aromatic heterocycles. The Labute approximate surface area is 143 Å². The molecule has 1 unspecified atom stereocenters. The first kappa shape index (κ1) is 19.1. The highest BCUT2D eigenvalue weighted by Gasteiger charge is 2.27. The number of halogens is 1. The van der Waals surface area contributed by atoms with E-state index in [0.717, 1.165) is 19.6 Å². The van der Waals surface area contributed by atoms with Crippen LogP contribution in [0.4, 0.5) is 0 Å². The normalized spacial score (nSPS) is 15.4. The highest BCUT2D eigenvalue weighted by Crippen LogP contribution is 2.26. The third-order valence-electron chi connectivity index (χ3n) is 3.60. The molecule has 0 amide bonds. The maximum atomic E-state index is 3.69. The lowest BCUT2D eigenvalue weighted by Gasteiger charge is -2.36. The van der Waals surface area contributed by atoms with Gasteiger partial charge in [0.15, 0.2) is 0 Å². The van der Waals surface area contributed by atoms with Gasteiger partial charge in [-0.05, 0) is 61.7 Å². The predicted molar refractivity (Wildman–Crippen MR) is 99.1 cm³/mol. The lowest BCUT2D eigenvalue weighted by Crippen LogP contribution is -2.46. The van der Waals surface area contributed by atoms with Crippen molar-refractivity contribution in [3.05, 3.63) is 20.8 Å². The van der Waals surface area contributed by atoms with Crippen LogP contribution >= 0.6 is 27.3 Å². The highest BCUT2D eigenvalue weighted by atomic mass is 79.9. The van der Waals surface area contributed by atoms with Crippen LogP contribution in [0.2, 0.25) is 0 Å². The first-order chi connectivity index (χ1) is 9.63. The van der Waals surface area contributed by atoms with Crippen molar-refractivity contribution in [3.8, 4) is 0 Å². The van der Waals surface area contributed by atoms with E-state index in [1.54, 1.807) is 0 Å². The van der Waals surface area contributed by atoms with Gasteiger partial charge in [-0.3, -0.25) is 0 Å². The molecular weight excluding hydrogens is 344 g/mol. The predicted octanol–water partition coefficient (Wildman–Crippen LogP) is 5.14. The molecule has 21 heavy (non-hydrogen) atoms. The fourth-order valence-corrected chi connectivity index (χ4v) is 4.25. The Morgan fingerprint density at radius 2 is 1.95 bits per heavy atom. The third kappa shape index (κ3) is 7.78. The van der Waals surface area contributed by atoms with Crippen LogP contribution in [-0.4, -0.2) is 30.6 Å². The maximum Gasteiger partial charge on any atom is 0.0325 e. The Morgan fingerprint density at radius 3 is 2.43 bits per heavy atom. The molecule has 0 aromatic carbocycles. The van der Waals surface area contributed by atoms with Crippen molar-refractivity contribution in [2.75, 3.05) is 20.1 Å². The zero-order chi connectivity index (χ0) is 16.1. The molecule has 4 heteroatoms. The van der Waals surface area contributed by atoms with E-state index in [2.05, 4.69) is 79.3 Å². The van der Waals surface area contributed by atoms with E-state index in [-0.39, 0.29) is 5.54 Å². The number of nitrogens with one attached hydrogen (secondary N) is 1. The molecular formula is C17H31BrN2S. The lowest BCUT2D eigenvalue weighted by molar-refractivity contribution is 0.158. The Bertz CT molecular complexity index is 425. The second-order valence-electron chi connectivity index (χ2n) is 7.57. The summed E-state index contributed by atoms with van der Waals surface area (Å²) in [6.07, 6.45) is 2.50. The smallest absolute Gasteiger partial charge is 0.0325 e. The first-order valence-electron chi connectivity index (χ1n) is 7.80. The number of hydrogen-bond acceptors (Lipinski definition) is 3. The fourth-order valence-electron chi connectivity index (χ4n) is 2.72. The van der Waals surface area contributed by atoms with Crippen LogP contribution in [0.1, 0.15) is 52.3 Å². The van der Waals surface area contributed by atoms with E-state index < -0.39 is 0 Å². The zero-order valence-corrected chi connectivity index (χ0v) is 16.8. The number of rotatable bonds is 8. The van der Waals surface area contributed by atoms with Gasteiger partial charge < -0.3 is 10.2 Å². The molecule has 2 nitrogen and oxygen atoms in total. The molecule has 1 N–H and O–H groups in total. The van der Waals surface area contributed by atoms with Crippen molar-refractivity contribution >= 4 is 27.3 Å². The van der Waals surface area contributed by atoms with Gasteiger partial charge in [-0.2, -0.15) is 0 Å². The number of hydrogen-bond donors (Lipinski definition) is 1. The first-order valence-corrected chi connectivity index (χ1v) is 9.47. The summed E-state index contributed by atoms with van der Waals surface area (Å²) < 4.78 is 1.20. The van der Waals surface area contributed by atoms with Gasteiger partial charge in [-0.15, -0.1) is 11.3 Å². The summed E-state index contributed by atoms with van der Waals surface area (Å²) in [4.78, 5) is 3.88. The van der Waals surface area contributed by atoms with Gasteiger partial charge in [0.1, 0.15) is 0 Å². The van der Waals surface area contributed by atoms with Crippen LogP contribution in [-0.2, 0) is 6.54 Å². The fraction of sp³-hybridized carbons (Fsp3) is 0.765. The molecule has 1 rings (SSSR count). The molecule has 1 heterocycles. The molecule has 0 aliphatic heterocycles.